The molecule has 1 aromatic carbocycles. The second-order valence-corrected chi connectivity index (χ2v) is 7.11. The standard InChI is InChI=1S/C15H17Cl2N3O2S/c1-9-6-13(21)19-20-14(9)10-2-4-12(5-3-10)18-15(22)23-8-11(17)7-16/h2-5,9,11H,6-8H2,1H3,(H,18,22)(H,19,21). The smallest absolute Gasteiger partial charge is 0.283 e. The third kappa shape index (κ3) is 5.41. The van der Waals surface area contributed by atoms with Crippen LogP contribution in [0.1, 0.15) is 18.9 Å². The molecule has 8 heteroatoms. The molecular weight excluding hydrogens is 357 g/mol. The highest BCUT2D eigenvalue weighted by atomic mass is 35.5. The molecule has 0 saturated carbocycles. The van der Waals surface area contributed by atoms with Gasteiger partial charge in [-0.25, -0.2) is 5.43 Å². The van der Waals surface area contributed by atoms with Crippen molar-refractivity contribution in [1.82, 2.24) is 5.43 Å². The lowest BCUT2D eigenvalue weighted by atomic mass is 9.94. The summed E-state index contributed by atoms with van der Waals surface area (Å²) in [5.41, 5.74) is 4.94. The fourth-order valence-corrected chi connectivity index (χ4v) is 3.16. The number of halogens is 2. The molecule has 0 spiro atoms. The summed E-state index contributed by atoms with van der Waals surface area (Å²) in [6.45, 7) is 1.96. The third-order valence-electron chi connectivity index (χ3n) is 3.25. The van der Waals surface area contributed by atoms with Crippen LogP contribution in [-0.4, -0.2) is 33.9 Å². The molecule has 1 heterocycles. The number of carbonyl (C=O) groups is 2. The van der Waals surface area contributed by atoms with Gasteiger partial charge >= 0.3 is 0 Å². The van der Waals surface area contributed by atoms with Crippen molar-refractivity contribution in [2.24, 2.45) is 11.0 Å². The zero-order chi connectivity index (χ0) is 16.8. The number of benzene rings is 1. The number of nitrogens with zero attached hydrogens (tertiary/aromatic N) is 1. The zero-order valence-corrected chi connectivity index (χ0v) is 14.8. The molecule has 1 aromatic rings. The van der Waals surface area contributed by atoms with Crippen LogP contribution in [0.2, 0.25) is 0 Å². The fourth-order valence-electron chi connectivity index (χ4n) is 2.09. The van der Waals surface area contributed by atoms with E-state index < -0.39 is 0 Å². The lowest BCUT2D eigenvalue weighted by Crippen LogP contribution is -2.31. The van der Waals surface area contributed by atoms with Gasteiger partial charge in [0.25, 0.3) is 5.24 Å². The fraction of sp³-hybridized carbons (Fsp3) is 0.400. The lowest BCUT2D eigenvalue weighted by molar-refractivity contribution is -0.121. The molecule has 0 aliphatic carbocycles. The van der Waals surface area contributed by atoms with Crippen LogP contribution >= 0.6 is 35.0 Å². The van der Waals surface area contributed by atoms with E-state index in [-0.39, 0.29) is 22.4 Å². The Balaban J connectivity index is 1.94. The number of carbonyl (C=O) groups excluding carboxylic acids is 2. The Hall–Kier alpha value is -1.24. The molecule has 5 nitrogen and oxygen atoms in total. The number of hydrogen-bond acceptors (Lipinski definition) is 4. The summed E-state index contributed by atoms with van der Waals surface area (Å²) in [7, 11) is 0. The van der Waals surface area contributed by atoms with Crippen LogP contribution in [-0.2, 0) is 4.79 Å². The first kappa shape index (κ1) is 18.1. The van der Waals surface area contributed by atoms with E-state index in [0.29, 0.717) is 23.7 Å². The quantitative estimate of drug-likeness (QED) is 0.773. The molecule has 2 rings (SSSR count). The number of nitrogens with one attached hydrogen (secondary N) is 2. The van der Waals surface area contributed by atoms with Gasteiger partial charge in [-0.3, -0.25) is 9.59 Å². The van der Waals surface area contributed by atoms with Crippen molar-refractivity contribution in [3.05, 3.63) is 29.8 Å². The average molecular weight is 374 g/mol. The minimum Gasteiger partial charge on any atom is -0.317 e. The molecule has 2 unspecified atom stereocenters. The van der Waals surface area contributed by atoms with E-state index in [0.717, 1.165) is 23.0 Å². The highest BCUT2D eigenvalue weighted by Gasteiger charge is 2.21. The van der Waals surface area contributed by atoms with Crippen LogP contribution in [0.3, 0.4) is 0 Å². The normalized spacial score (nSPS) is 18.8. The monoisotopic (exact) mass is 373 g/mol. The first-order chi connectivity index (χ1) is 11.0. The Kier molecular flexibility index (Phi) is 6.74. The number of hydrogen-bond donors (Lipinski definition) is 2. The molecule has 0 radical (unpaired) electrons. The minimum absolute atomic E-state index is 0.0657. The average Bonchev–Trinajstić information content (AvgIpc) is 2.53. The van der Waals surface area contributed by atoms with Crippen LogP contribution in [0.25, 0.3) is 0 Å². The lowest BCUT2D eigenvalue weighted by Gasteiger charge is -2.19. The minimum atomic E-state index is -0.226. The Morgan fingerprint density at radius 3 is 2.78 bits per heavy atom. The van der Waals surface area contributed by atoms with Crippen molar-refractivity contribution in [2.45, 2.75) is 18.7 Å². The first-order valence-electron chi connectivity index (χ1n) is 7.10. The molecular formula is C15H17Cl2N3O2S. The number of hydrazone groups is 1. The summed E-state index contributed by atoms with van der Waals surface area (Å²) in [6.07, 6.45) is 0.425. The van der Waals surface area contributed by atoms with Crippen LogP contribution in [0.15, 0.2) is 29.4 Å². The highest BCUT2D eigenvalue weighted by Crippen LogP contribution is 2.20. The number of thioether (sulfide) groups is 1. The molecule has 23 heavy (non-hydrogen) atoms. The van der Waals surface area contributed by atoms with Crippen molar-refractivity contribution < 1.29 is 9.59 Å². The van der Waals surface area contributed by atoms with Crippen molar-refractivity contribution in [3.63, 3.8) is 0 Å². The number of anilines is 1. The van der Waals surface area contributed by atoms with E-state index in [1.54, 1.807) is 12.1 Å². The summed E-state index contributed by atoms with van der Waals surface area (Å²) in [5.74, 6) is 0.767. The van der Waals surface area contributed by atoms with E-state index in [2.05, 4.69) is 15.8 Å². The summed E-state index contributed by atoms with van der Waals surface area (Å²) in [6, 6.07) is 7.35. The summed E-state index contributed by atoms with van der Waals surface area (Å²) < 4.78 is 0. The molecule has 2 atom stereocenters. The van der Waals surface area contributed by atoms with Gasteiger partial charge in [0.15, 0.2) is 0 Å². The van der Waals surface area contributed by atoms with Gasteiger partial charge in [-0.15, -0.1) is 23.2 Å². The topological polar surface area (TPSA) is 70.6 Å². The van der Waals surface area contributed by atoms with E-state index in [9.17, 15) is 9.59 Å². The Bertz CT molecular complexity index is 607. The zero-order valence-electron chi connectivity index (χ0n) is 12.5. The van der Waals surface area contributed by atoms with Crippen LogP contribution < -0.4 is 10.7 Å². The van der Waals surface area contributed by atoms with Crippen molar-refractivity contribution in [3.8, 4) is 0 Å². The van der Waals surface area contributed by atoms with Gasteiger partial charge in [-0.2, -0.15) is 5.10 Å². The molecule has 0 aromatic heterocycles. The first-order valence-corrected chi connectivity index (χ1v) is 9.06. The van der Waals surface area contributed by atoms with Gasteiger partial charge in [0.2, 0.25) is 5.91 Å². The predicted octanol–water partition coefficient (Wildman–Crippen LogP) is 3.66. The van der Waals surface area contributed by atoms with E-state index >= 15 is 0 Å². The molecule has 0 saturated heterocycles. The summed E-state index contributed by atoms with van der Waals surface area (Å²) in [5, 5.41) is 6.49. The molecule has 2 amide bonds. The predicted molar refractivity (Wildman–Crippen MR) is 96.7 cm³/mol. The number of amides is 2. The van der Waals surface area contributed by atoms with E-state index in [1.165, 1.54) is 0 Å². The molecule has 1 aliphatic rings. The molecule has 124 valence electrons. The van der Waals surface area contributed by atoms with Crippen LogP contribution in [0.5, 0.6) is 0 Å². The van der Waals surface area contributed by atoms with Gasteiger partial charge in [0, 0.05) is 29.7 Å². The van der Waals surface area contributed by atoms with Gasteiger partial charge in [0.05, 0.1) is 11.1 Å². The largest absolute Gasteiger partial charge is 0.317 e. The number of alkyl halides is 2. The highest BCUT2D eigenvalue weighted by molar-refractivity contribution is 8.13. The van der Waals surface area contributed by atoms with E-state index in [4.69, 9.17) is 23.2 Å². The van der Waals surface area contributed by atoms with Crippen LogP contribution in [0, 0.1) is 5.92 Å². The van der Waals surface area contributed by atoms with Crippen molar-refractivity contribution in [2.75, 3.05) is 16.9 Å². The summed E-state index contributed by atoms with van der Waals surface area (Å²) >= 11 is 12.6. The van der Waals surface area contributed by atoms with Crippen molar-refractivity contribution >= 4 is 57.5 Å². The second-order valence-electron chi connectivity index (χ2n) is 5.19. The maximum atomic E-state index is 11.8. The van der Waals surface area contributed by atoms with Gasteiger partial charge < -0.3 is 5.32 Å². The maximum Gasteiger partial charge on any atom is 0.283 e. The SMILES string of the molecule is CC1CC(=O)NN=C1c1ccc(NC(=O)SCC(Cl)CCl)cc1. The third-order valence-corrected chi connectivity index (χ3v) is 5.20. The molecule has 0 fully saturated rings. The van der Waals surface area contributed by atoms with Gasteiger partial charge in [-0.1, -0.05) is 30.8 Å². The van der Waals surface area contributed by atoms with Gasteiger partial charge in [-0.05, 0) is 17.7 Å². The maximum absolute atomic E-state index is 11.8. The molecule has 2 N–H and O–H groups in total. The Labute approximate surface area is 149 Å². The molecule has 1 aliphatic heterocycles. The summed E-state index contributed by atoms with van der Waals surface area (Å²) in [4.78, 5) is 23.1. The Morgan fingerprint density at radius 1 is 1.48 bits per heavy atom. The van der Waals surface area contributed by atoms with Crippen molar-refractivity contribution in [1.29, 1.82) is 0 Å². The Morgan fingerprint density at radius 2 is 2.17 bits per heavy atom. The number of rotatable bonds is 5. The van der Waals surface area contributed by atoms with Gasteiger partial charge in [0.1, 0.15) is 0 Å². The van der Waals surface area contributed by atoms with Crippen LogP contribution in [0.4, 0.5) is 10.5 Å². The second kappa shape index (κ2) is 8.57. The van der Waals surface area contributed by atoms with E-state index in [1.807, 2.05) is 19.1 Å². The molecule has 0 bridgehead atoms.